The summed E-state index contributed by atoms with van der Waals surface area (Å²) in [6.07, 6.45) is -0.958. The zero-order chi connectivity index (χ0) is 24.3. The third-order valence-electron chi connectivity index (χ3n) is 5.05. The first-order chi connectivity index (χ1) is 15.7. The fourth-order valence-corrected chi connectivity index (χ4v) is 4.11. The number of methoxy groups -OCH3 is 2. The average Bonchev–Trinajstić information content (AvgIpc) is 3.21. The van der Waals surface area contributed by atoms with Crippen LogP contribution in [0.3, 0.4) is 0 Å². The van der Waals surface area contributed by atoms with Gasteiger partial charge in [-0.25, -0.2) is 9.59 Å². The van der Waals surface area contributed by atoms with E-state index in [4.69, 9.17) is 41.8 Å². The number of hydrogen-bond donors (Lipinski definition) is 1. The number of aryl methyl sites for hydroxylation is 1. The van der Waals surface area contributed by atoms with Gasteiger partial charge in [-0.1, -0.05) is 35.3 Å². The zero-order valence-corrected chi connectivity index (χ0v) is 20.2. The first-order valence-electron chi connectivity index (χ1n) is 9.99. The van der Waals surface area contributed by atoms with Crippen molar-refractivity contribution in [3.05, 3.63) is 68.1 Å². The molecule has 0 aliphatic carbocycles. The normalized spacial score (nSPS) is 17.0. The van der Waals surface area contributed by atoms with Gasteiger partial charge in [0.05, 0.1) is 46.5 Å². The summed E-state index contributed by atoms with van der Waals surface area (Å²) in [5.74, 6) is -1.87. The number of dihydropyridines is 1. The second-order valence-corrected chi connectivity index (χ2v) is 7.84. The smallest absolute Gasteiger partial charge is 0.336 e. The van der Waals surface area contributed by atoms with E-state index in [9.17, 15) is 9.59 Å². The van der Waals surface area contributed by atoms with Crippen molar-refractivity contribution < 1.29 is 28.2 Å². The van der Waals surface area contributed by atoms with Crippen molar-refractivity contribution in [3.8, 4) is 0 Å². The van der Waals surface area contributed by atoms with E-state index in [-0.39, 0.29) is 39.4 Å². The van der Waals surface area contributed by atoms with Gasteiger partial charge < -0.3 is 23.9 Å². The number of benzene rings is 1. The van der Waals surface area contributed by atoms with Crippen molar-refractivity contribution in [2.75, 3.05) is 20.8 Å². The van der Waals surface area contributed by atoms with Gasteiger partial charge >= 0.3 is 11.9 Å². The molecule has 176 valence electrons. The number of carbonyl (C=O) groups excluding carboxylic acids is 2. The van der Waals surface area contributed by atoms with E-state index in [1.807, 2.05) is 0 Å². The lowest BCUT2D eigenvalue weighted by molar-refractivity contribution is -0.139. The van der Waals surface area contributed by atoms with Crippen molar-refractivity contribution in [2.24, 2.45) is 0 Å². The van der Waals surface area contributed by atoms with Crippen LogP contribution < -0.4 is 5.32 Å². The quantitative estimate of drug-likeness (QED) is 0.568. The summed E-state index contributed by atoms with van der Waals surface area (Å²) < 4.78 is 21.6. The minimum absolute atomic E-state index is 0.0784. The summed E-state index contributed by atoms with van der Waals surface area (Å²) in [5.41, 5.74) is 1.36. The molecule has 0 bridgehead atoms. The Kier molecular flexibility index (Phi) is 7.78. The van der Waals surface area contributed by atoms with Gasteiger partial charge in [0.1, 0.15) is 0 Å². The van der Waals surface area contributed by atoms with Crippen LogP contribution in [0.5, 0.6) is 0 Å². The SMILES string of the molecule is CCOC(=O)C1=C(C(OC)c2nnc(C)o2)NC(C)=C(C(=O)OC)C1c1cccc(Cl)c1Cl. The van der Waals surface area contributed by atoms with Crippen LogP contribution in [0.15, 0.2) is 45.2 Å². The van der Waals surface area contributed by atoms with Gasteiger partial charge in [0, 0.05) is 19.7 Å². The molecule has 1 aliphatic heterocycles. The number of nitrogens with zero attached hydrogens (tertiary/aromatic N) is 2. The van der Waals surface area contributed by atoms with Gasteiger partial charge in [-0.2, -0.15) is 0 Å². The molecule has 1 aromatic heterocycles. The number of esters is 2. The number of hydrogen-bond acceptors (Lipinski definition) is 9. The van der Waals surface area contributed by atoms with Crippen molar-refractivity contribution in [1.82, 2.24) is 15.5 Å². The number of carbonyl (C=O) groups is 2. The number of rotatable bonds is 7. The predicted octanol–water partition coefficient (Wildman–Crippen LogP) is 4.02. The molecule has 2 atom stereocenters. The Hall–Kier alpha value is -2.88. The molecular formula is C22H23Cl2N3O6. The van der Waals surface area contributed by atoms with E-state index in [1.54, 1.807) is 39.0 Å². The van der Waals surface area contributed by atoms with Crippen molar-refractivity contribution >= 4 is 35.1 Å². The molecule has 0 amide bonds. The van der Waals surface area contributed by atoms with E-state index >= 15 is 0 Å². The lowest BCUT2D eigenvalue weighted by Crippen LogP contribution is -2.35. The largest absolute Gasteiger partial charge is 0.466 e. The molecule has 1 N–H and O–H groups in total. The molecule has 1 aromatic carbocycles. The lowest BCUT2D eigenvalue weighted by atomic mass is 9.79. The molecule has 2 aromatic rings. The molecule has 0 saturated heterocycles. The molecule has 0 saturated carbocycles. The highest BCUT2D eigenvalue weighted by molar-refractivity contribution is 6.42. The maximum atomic E-state index is 13.3. The van der Waals surface area contributed by atoms with Gasteiger partial charge in [0.15, 0.2) is 6.10 Å². The molecule has 0 radical (unpaired) electrons. The van der Waals surface area contributed by atoms with E-state index in [1.165, 1.54) is 14.2 Å². The molecule has 1 aliphatic rings. The van der Waals surface area contributed by atoms with Crippen LogP contribution in [-0.2, 0) is 23.8 Å². The van der Waals surface area contributed by atoms with E-state index in [0.717, 1.165) is 0 Å². The minimum Gasteiger partial charge on any atom is -0.466 e. The number of nitrogens with one attached hydrogen (secondary N) is 1. The summed E-state index contributed by atoms with van der Waals surface area (Å²) in [6, 6.07) is 4.96. The Morgan fingerprint density at radius 3 is 2.45 bits per heavy atom. The van der Waals surface area contributed by atoms with E-state index in [0.29, 0.717) is 17.2 Å². The molecule has 11 heteroatoms. The fourth-order valence-electron chi connectivity index (χ4n) is 3.69. The standard InChI is InChI=1S/C22H23Cl2N3O6/c1-6-32-22(29)16-15(12-8-7-9-13(23)17(12)24)14(21(28)31-5)10(2)25-18(16)19(30-4)20-27-26-11(3)33-20/h7-9,15,19,25H,6H2,1-5H3. The van der Waals surface area contributed by atoms with Gasteiger partial charge in [-0.3, -0.25) is 0 Å². The Balaban J connectivity index is 2.36. The number of allylic oxidation sites excluding steroid dienone is 1. The fraction of sp³-hybridized carbons (Fsp3) is 0.364. The molecule has 0 spiro atoms. The molecule has 9 nitrogen and oxygen atoms in total. The number of ether oxygens (including phenoxy) is 3. The molecular weight excluding hydrogens is 473 g/mol. The van der Waals surface area contributed by atoms with E-state index < -0.39 is 24.0 Å². The van der Waals surface area contributed by atoms with Crippen LogP contribution in [-0.4, -0.2) is 43.0 Å². The summed E-state index contributed by atoms with van der Waals surface area (Å²) >= 11 is 12.8. The number of halogens is 2. The van der Waals surface area contributed by atoms with Gasteiger partial charge in [-0.05, 0) is 25.5 Å². The molecule has 2 heterocycles. The van der Waals surface area contributed by atoms with Crippen LogP contribution in [0, 0.1) is 6.92 Å². The van der Waals surface area contributed by atoms with Crippen LogP contribution >= 0.6 is 23.2 Å². The number of aromatic nitrogens is 2. The third kappa shape index (κ3) is 4.75. The second kappa shape index (κ2) is 10.4. The predicted molar refractivity (Wildman–Crippen MR) is 119 cm³/mol. The van der Waals surface area contributed by atoms with Crippen LogP contribution in [0.2, 0.25) is 10.0 Å². The highest BCUT2D eigenvalue weighted by Gasteiger charge is 2.43. The molecule has 2 unspecified atom stereocenters. The van der Waals surface area contributed by atoms with Crippen LogP contribution in [0.25, 0.3) is 0 Å². The van der Waals surface area contributed by atoms with Gasteiger partial charge in [0.25, 0.3) is 5.89 Å². The maximum absolute atomic E-state index is 13.3. The third-order valence-corrected chi connectivity index (χ3v) is 5.88. The first kappa shape index (κ1) is 24.8. The van der Waals surface area contributed by atoms with Crippen molar-refractivity contribution in [3.63, 3.8) is 0 Å². The Bertz CT molecular complexity index is 1140. The topological polar surface area (TPSA) is 113 Å². The second-order valence-electron chi connectivity index (χ2n) is 7.05. The molecule has 33 heavy (non-hydrogen) atoms. The van der Waals surface area contributed by atoms with Crippen LogP contribution in [0.1, 0.15) is 43.2 Å². The van der Waals surface area contributed by atoms with Crippen molar-refractivity contribution in [1.29, 1.82) is 0 Å². The van der Waals surface area contributed by atoms with Gasteiger partial charge in [0.2, 0.25) is 5.89 Å². The average molecular weight is 496 g/mol. The zero-order valence-electron chi connectivity index (χ0n) is 18.7. The monoisotopic (exact) mass is 495 g/mol. The first-order valence-corrected chi connectivity index (χ1v) is 10.7. The molecule has 0 fully saturated rings. The Labute approximate surface area is 200 Å². The highest BCUT2D eigenvalue weighted by atomic mass is 35.5. The lowest BCUT2D eigenvalue weighted by Gasteiger charge is -2.33. The van der Waals surface area contributed by atoms with Gasteiger partial charge in [-0.15, -0.1) is 10.2 Å². The highest BCUT2D eigenvalue weighted by Crippen LogP contribution is 2.45. The summed E-state index contributed by atoms with van der Waals surface area (Å²) in [7, 11) is 2.68. The van der Waals surface area contributed by atoms with E-state index in [2.05, 4.69) is 15.5 Å². The Morgan fingerprint density at radius 1 is 1.15 bits per heavy atom. The van der Waals surface area contributed by atoms with Crippen molar-refractivity contribution in [2.45, 2.75) is 32.8 Å². The summed E-state index contributed by atoms with van der Waals surface area (Å²) in [4.78, 5) is 26.2. The molecule has 3 rings (SSSR count). The summed E-state index contributed by atoms with van der Waals surface area (Å²) in [6.45, 7) is 5.07. The maximum Gasteiger partial charge on any atom is 0.336 e. The Morgan fingerprint density at radius 2 is 1.88 bits per heavy atom. The van der Waals surface area contributed by atoms with Crippen LogP contribution in [0.4, 0.5) is 0 Å². The summed E-state index contributed by atoms with van der Waals surface area (Å²) in [5, 5.41) is 11.4. The minimum atomic E-state index is -0.972.